The summed E-state index contributed by atoms with van der Waals surface area (Å²) in [6.45, 7) is 1.43. The Labute approximate surface area is 123 Å². The number of aromatic hydroxyl groups is 1. The number of carbonyl (C=O) groups is 1. The fraction of sp³-hybridized carbons (Fsp3) is 0.0714. The van der Waals surface area contributed by atoms with E-state index in [1.54, 1.807) is 6.20 Å². The van der Waals surface area contributed by atoms with Gasteiger partial charge in [-0.1, -0.05) is 17.4 Å². The third-order valence-corrected chi connectivity index (χ3v) is 3.82. The Hall–Kier alpha value is -2.67. The molecule has 0 atom stereocenters. The molecule has 0 radical (unpaired) electrons. The molecule has 3 rings (SSSR count). The Bertz CT molecular complexity index is 898. The number of pyridine rings is 1. The van der Waals surface area contributed by atoms with Gasteiger partial charge in [-0.25, -0.2) is 4.98 Å². The third kappa shape index (κ3) is 2.63. The third-order valence-electron chi connectivity index (χ3n) is 2.89. The Morgan fingerprint density at radius 2 is 2.14 bits per heavy atom. The summed E-state index contributed by atoms with van der Waals surface area (Å²) in [5.41, 5.74) is 1.79. The zero-order valence-electron chi connectivity index (χ0n) is 11.0. The number of fused-ring (bicyclic) bond motifs is 1. The Kier molecular flexibility index (Phi) is 3.19. The molecular formula is C14H11N3O3S. The Balaban J connectivity index is 2.05. The van der Waals surface area contributed by atoms with E-state index < -0.39 is 5.56 Å². The molecule has 0 spiro atoms. The predicted molar refractivity (Wildman–Crippen MR) is 81.6 cm³/mol. The number of anilines is 1. The normalized spacial score (nSPS) is 10.7. The van der Waals surface area contributed by atoms with Gasteiger partial charge in [-0.3, -0.25) is 9.59 Å². The minimum atomic E-state index is -0.523. The van der Waals surface area contributed by atoms with Crippen LogP contribution in [0.5, 0.6) is 5.75 Å². The lowest BCUT2D eigenvalue weighted by atomic mass is 10.1. The molecule has 1 aromatic carbocycles. The lowest BCUT2D eigenvalue weighted by molar-refractivity contribution is -0.114. The monoisotopic (exact) mass is 301 g/mol. The number of aromatic amines is 1. The van der Waals surface area contributed by atoms with Crippen molar-refractivity contribution in [3.8, 4) is 16.9 Å². The van der Waals surface area contributed by atoms with E-state index in [1.165, 1.54) is 24.3 Å². The molecule has 7 heteroatoms. The van der Waals surface area contributed by atoms with Crippen molar-refractivity contribution in [1.29, 1.82) is 0 Å². The molecule has 2 aromatic heterocycles. The van der Waals surface area contributed by atoms with Crippen molar-refractivity contribution in [2.45, 2.75) is 6.92 Å². The zero-order chi connectivity index (χ0) is 15.0. The highest BCUT2D eigenvalue weighted by molar-refractivity contribution is 7.22. The molecule has 0 bridgehead atoms. The quantitative estimate of drug-likeness (QED) is 0.677. The molecule has 0 unspecified atom stereocenters. The Morgan fingerprint density at radius 3 is 2.86 bits per heavy atom. The first-order chi connectivity index (χ1) is 10.0. The van der Waals surface area contributed by atoms with Gasteiger partial charge in [0.15, 0.2) is 10.9 Å². The minimum Gasteiger partial charge on any atom is -0.503 e. The van der Waals surface area contributed by atoms with Crippen LogP contribution in [0.3, 0.4) is 0 Å². The second-order valence-electron chi connectivity index (χ2n) is 4.49. The topological polar surface area (TPSA) is 95.1 Å². The average Bonchev–Trinajstić information content (AvgIpc) is 2.82. The first-order valence-corrected chi connectivity index (χ1v) is 6.95. The molecule has 6 nitrogen and oxygen atoms in total. The van der Waals surface area contributed by atoms with Gasteiger partial charge in [0.1, 0.15) is 0 Å². The highest BCUT2D eigenvalue weighted by atomic mass is 32.1. The molecule has 3 N–H and O–H groups in total. The fourth-order valence-electron chi connectivity index (χ4n) is 1.95. The van der Waals surface area contributed by atoms with Gasteiger partial charge in [0, 0.05) is 18.7 Å². The van der Waals surface area contributed by atoms with Gasteiger partial charge in [-0.05, 0) is 23.8 Å². The van der Waals surface area contributed by atoms with E-state index in [-0.39, 0.29) is 11.7 Å². The summed E-state index contributed by atoms with van der Waals surface area (Å²) in [5, 5.41) is 12.7. The van der Waals surface area contributed by atoms with Crippen LogP contribution >= 0.6 is 11.3 Å². The molecule has 21 heavy (non-hydrogen) atoms. The molecule has 0 fully saturated rings. The van der Waals surface area contributed by atoms with Gasteiger partial charge in [0.25, 0.3) is 5.56 Å². The average molecular weight is 301 g/mol. The second-order valence-corrected chi connectivity index (χ2v) is 5.52. The number of nitrogens with zero attached hydrogens (tertiary/aromatic N) is 1. The maximum atomic E-state index is 11.2. The number of aromatic nitrogens is 2. The smallest absolute Gasteiger partial charge is 0.290 e. The molecular weight excluding hydrogens is 290 g/mol. The number of hydrogen-bond donors (Lipinski definition) is 3. The molecule has 3 aromatic rings. The summed E-state index contributed by atoms with van der Waals surface area (Å²) in [6, 6.07) is 6.97. The molecule has 106 valence electrons. The van der Waals surface area contributed by atoms with Gasteiger partial charge in [-0.15, -0.1) is 0 Å². The number of carbonyl (C=O) groups excluding carboxylic acids is 1. The number of H-pyrrole nitrogens is 1. The van der Waals surface area contributed by atoms with Crippen LogP contribution < -0.4 is 10.9 Å². The van der Waals surface area contributed by atoms with Gasteiger partial charge in [0.2, 0.25) is 5.91 Å². The number of hydrogen-bond acceptors (Lipinski definition) is 5. The summed E-state index contributed by atoms with van der Waals surface area (Å²) >= 11 is 1.36. The largest absolute Gasteiger partial charge is 0.503 e. The number of benzene rings is 1. The van der Waals surface area contributed by atoms with Crippen molar-refractivity contribution in [1.82, 2.24) is 9.97 Å². The van der Waals surface area contributed by atoms with Crippen LogP contribution in [0.15, 0.2) is 35.3 Å². The highest BCUT2D eigenvalue weighted by Crippen LogP contribution is 2.30. The number of amides is 1. The molecule has 0 aliphatic rings. The van der Waals surface area contributed by atoms with Crippen LogP contribution in [0.2, 0.25) is 0 Å². The van der Waals surface area contributed by atoms with E-state index in [9.17, 15) is 14.7 Å². The van der Waals surface area contributed by atoms with Crippen molar-refractivity contribution in [2.24, 2.45) is 0 Å². The van der Waals surface area contributed by atoms with Gasteiger partial charge < -0.3 is 15.4 Å². The lowest BCUT2D eigenvalue weighted by Crippen LogP contribution is -2.04. The van der Waals surface area contributed by atoms with E-state index in [2.05, 4.69) is 15.3 Å². The van der Waals surface area contributed by atoms with Crippen molar-refractivity contribution in [2.75, 3.05) is 5.32 Å². The van der Waals surface area contributed by atoms with E-state index in [0.717, 1.165) is 15.8 Å². The number of nitrogens with one attached hydrogen (secondary N) is 2. The standard InChI is InChI=1S/C14H11N3O3S/c1-7(18)16-14-17-10-3-2-8(5-12(10)21-14)9-4-11(19)13(20)15-6-9/h2-6,19H,1H3,(H,15,20)(H,16,17,18). The van der Waals surface area contributed by atoms with E-state index in [1.807, 2.05) is 18.2 Å². The molecule has 0 aliphatic carbocycles. The molecule has 0 aliphatic heterocycles. The summed E-state index contributed by atoms with van der Waals surface area (Å²) in [6.07, 6.45) is 1.54. The van der Waals surface area contributed by atoms with E-state index in [0.29, 0.717) is 10.7 Å². The summed E-state index contributed by atoms with van der Waals surface area (Å²) in [7, 11) is 0. The van der Waals surface area contributed by atoms with Crippen LogP contribution in [-0.2, 0) is 4.79 Å². The van der Waals surface area contributed by atoms with Gasteiger partial charge >= 0.3 is 0 Å². The zero-order valence-corrected chi connectivity index (χ0v) is 11.8. The first kappa shape index (κ1) is 13.3. The lowest BCUT2D eigenvalue weighted by Gasteiger charge is -2.01. The fourth-order valence-corrected chi connectivity index (χ4v) is 2.90. The van der Waals surface area contributed by atoms with Crippen molar-refractivity contribution >= 4 is 32.6 Å². The summed E-state index contributed by atoms with van der Waals surface area (Å²) in [5.74, 6) is -0.490. The van der Waals surface area contributed by atoms with Crippen molar-refractivity contribution in [3.63, 3.8) is 0 Å². The van der Waals surface area contributed by atoms with Crippen molar-refractivity contribution in [3.05, 3.63) is 40.8 Å². The van der Waals surface area contributed by atoms with E-state index >= 15 is 0 Å². The van der Waals surface area contributed by atoms with Crippen LogP contribution in [0.4, 0.5) is 5.13 Å². The summed E-state index contributed by atoms with van der Waals surface area (Å²) < 4.78 is 0.905. The Morgan fingerprint density at radius 1 is 1.33 bits per heavy atom. The minimum absolute atomic E-state index is 0.167. The molecule has 2 heterocycles. The first-order valence-electron chi connectivity index (χ1n) is 6.13. The second kappa shape index (κ2) is 5.02. The number of rotatable bonds is 2. The molecule has 0 saturated carbocycles. The maximum Gasteiger partial charge on any atom is 0.290 e. The van der Waals surface area contributed by atoms with Crippen LogP contribution in [0.25, 0.3) is 21.3 Å². The summed E-state index contributed by atoms with van der Waals surface area (Å²) in [4.78, 5) is 29.0. The van der Waals surface area contributed by atoms with Crippen LogP contribution in [0.1, 0.15) is 6.92 Å². The SMILES string of the molecule is CC(=O)Nc1nc2ccc(-c3c[nH]c(=O)c(O)c3)cc2s1. The maximum absolute atomic E-state index is 11.2. The molecule has 0 saturated heterocycles. The molecule has 1 amide bonds. The van der Waals surface area contributed by atoms with Gasteiger partial charge in [0.05, 0.1) is 10.2 Å². The number of thiazole rings is 1. The predicted octanol–water partition coefficient (Wildman–Crippen LogP) is 2.32. The van der Waals surface area contributed by atoms with Crippen LogP contribution in [-0.4, -0.2) is 21.0 Å². The van der Waals surface area contributed by atoms with E-state index in [4.69, 9.17) is 0 Å². The van der Waals surface area contributed by atoms with Gasteiger partial charge in [-0.2, -0.15) is 0 Å². The van der Waals surface area contributed by atoms with Crippen molar-refractivity contribution < 1.29 is 9.90 Å². The van der Waals surface area contributed by atoms with Crippen LogP contribution in [0, 0.1) is 0 Å². The highest BCUT2D eigenvalue weighted by Gasteiger charge is 2.08.